The highest BCUT2D eigenvalue weighted by atomic mass is 32.2. The first-order chi connectivity index (χ1) is 8.32. The maximum Gasteiger partial charge on any atom is 0.232 e. The summed E-state index contributed by atoms with van der Waals surface area (Å²) in [5, 5.41) is 0. The Labute approximate surface area is 108 Å². The van der Waals surface area contributed by atoms with Gasteiger partial charge in [-0.3, -0.25) is 9.10 Å². The van der Waals surface area contributed by atoms with E-state index < -0.39 is 15.9 Å². The van der Waals surface area contributed by atoms with Crippen LogP contribution < -0.4 is 10.0 Å². The van der Waals surface area contributed by atoms with E-state index in [9.17, 15) is 13.2 Å². The van der Waals surface area contributed by atoms with Crippen LogP contribution >= 0.6 is 0 Å². The first-order valence-electron chi connectivity index (χ1n) is 5.64. The molecule has 0 bridgehead atoms. The predicted molar refractivity (Wildman–Crippen MR) is 71.8 cm³/mol. The molecule has 0 saturated carbocycles. The molecule has 0 saturated heterocycles. The van der Waals surface area contributed by atoms with Crippen LogP contribution in [0.1, 0.15) is 18.4 Å². The summed E-state index contributed by atoms with van der Waals surface area (Å²) in [7, 11) is -3.36. The van der Waals surface area contributed by atoms with Crippen molar-refractivity contribution in [3.05, 3.63) is 29.8 Å². The summed E-state index contributed by atoms with van der Waals surface area (Å²) in [6.45, 7) is 2.11. The number of para-hydroxylation sites is 1. The van der Waals surface area contributed by atoms with Gasteiger partial charge in [0.05, 0.1) is 11.9 Å². The number of hydrogen-bond acceptors (Lipinski definition) is 3. The summed E-state index contributed by atoms with van der Waals surface area (Å²) in [5.41, 5.74) is 6.57. The molecule has 100 valence electrons. The first kappa shape index (κ1) is 14.5. The third-order valence-electron chi connectivity index (χ3n) is 2.57. The van der Waals surface area contributed by atoms with Crippen molar-refractivity contribution in [1.29, 1.82) is 0 Å². The van der Waals surface area contributed by atoms with Crippen LogP contribution in [-0.2, 0) is 14.8 Å². The summed E-state index contributed by atoms with van der Waals surface area (Å²) < 4.78 is 24.8. The van der Waals surface area contributed by atoms with E-state index in [1.807, 2.05) is 19.1 Å². The Morgan fingerprint density at radius 2 is 1.94 bits per heavy atom. The Morgan fingerprint density at radius 3 is 2.44 bits per heavy atom. The molecule has 0 aliphatic rings. The predicted octanol–water partition coefficient (Wildman–Crippen LogP) is 1.03. The molecule has 0 aromatic heterocycles. The monoisotopic (exact) mass is 270 g/mol. The molecule has 1 aromatic rings. The molecule has 0 aliphatic carbocycles. The highest BCUT2D eigenvalue weighted by Crippen LogP contribution is 2.22. The first-order valence-corrected chi connectivity index (χ1v) is 7.49. The zero-order chi connectivity index (χ0) is 13.8. The van der Waals surface area contributed by atoms with Crippen LogP contribution in [0.4, 0.5) is 5.69 Å². The van der Waals surface area contributed by atoms with Crippen molar-refractivity contribution in [2.45, 2.75) is 19.8 Å². The lowest BCUT2D eigenvalue weighted by Crippen LogP contribution is -2.32. The highest BCUT2D eigenvalue weighted by molar-refractivity contribution is 7.92. The number of aryl methyl sites for hydroxylation is 1. The van der Waals surface area contributed by atoms with Crippen LogP contribution in [0.15, 0.2) is 24.3 Å². The Morgan fingerprint density at radius 1 is 1.33 bits per heavy atom. The summed E-state index contributed by atoms with van der Waals surface area (Å²) >= 11 is 0. The molecule has 1 amide bonds. The Hall–Kier alpha value is -1.56. The second kappa shape index (κ2) is 5.86. The van der Waals surface area contributed by atoms with Crippen LogP contribution in [-0.4, -0.2) is 27.1 Å². The van der Waals surface area contributed by atoms with Crippen molar-refractivity contribution in [2.24, 2.45) is 5.73 Å². The molecule has 18 heavy (non-hydrogen) atoms. The molecule has 0 aliphatic heterocycles. The zero-order valence-electron chi connectivity index (χ0n) is 10.6. The van der Waals surface area contributed by atoms with Gasteiger partial charge >= 0.3 is 0 Å². The third kappa shape index (κ3) is 4.03. The minimum atomic E-state index is -3.36. The van der Waals surface area contributed by atoms with Crippen molar-refractivity contribution in [3.8, 4) is 0 Å². The number of carbonyl (C=O) groups is 1. The molecule has 0 atom stereocenters. The Balaban J connectivity index is 2.94. The number of hydrogen-bond donors (Lipinski definition) is 1. The van der Waals surface area contributed by atoms with E-state index in [0.717, 1.165) is 11.8 Å². The van der Waals surface area contributed by atoms with Gasteiger partial charge in [0, 0.05) is 13.0 Å². The van der Waals surface area contributed by atoms with E-state index >= 15 is 0 Å². The van der Waals surface area contributed by atoms with Crippen molar-refractivity contribution >= 4 is 21.6 Å². The maximum atomic E-state index is 11.8. The Kier molecular flexibility index (Phi) is 4.72. The summed E-state index contributed by atoms with van der Waals surface area (Å²) in [5.74, 6) is -0.423. The van der Waals surface area contributed by atoms with Crippen molar-refractivity contribution in [1.82, 2.24) is 0 Å². The maximum absolute atomic E-state index is 11.8. The summed E-state index contributed by atoms with van der Waals surface area (Å²) in [6.07, 6.45) is 1.75. The van der Waals surface area contributed by atoms with E-state index in [1.165, 1.54) is 4.31 Å². The fourth-order valence-corrected chi connectivity index (χ4v) is 2.73. The summed E-state index contributed by atoms with van der Waals surface area (Å²) in [4.78, 5) is 10.7. The fraction of sp³-hybridized carbons (Fsp3) is 0.417. The molecule has 0 fully saturated rings. The van der Waals surface area contributed by atoms with Crippen LogP contribution in [0.3, 0.4) is 0 Å². The molecule has 1 rings (SSSR count). The smallest absolute Gasteiger partial charge is 0.232 e. The van der Waals surface area contributed by atoms with Gasteiger partial charge in [-0.1, -0.05) is 18.2 Å². The van der Waals surface area contributed by atoms with Gasteiger partial charge in [0.25, 0.3) is 0 Å². The van der Waals surface area contributed by atoms with E-state index in [-0.39, 0.29) is 13.0 Å². The molecular weight excluding hydrogens is 252 g/mol. The van der Waals surface area contributed by atoms with Gasteiger partial charge in [0.15, 0.2) is 0 Å². The standard InChI is InChI=1S/C12H18N2O3S/c1-10-6-3-4-7-11(10)14(18(2,16)17)9-5-8-12(13)15/h3-4,6-7H,5,8-9H2,1-2H3,(H2,13,15). The number of anilines is 1. The van der Waals surface area contributed by atoms with Gasteiger partial charge in [-0.25, -0.2) is 8.42 Å². The number of nitrogens with zero attached hydrogens (tertiary/aromatic N) is 1. The Bertz CT molecular complexity index is 526. The minimum Gasteiger partial charge on any atom is -0.370 e. The van der Waals surface area contributed by atoms with Crippen LogP contribution in [0.2, 0.25) is 0 Å². The van der Waals surface area contributed by atoms with Gasteiger partial charge in [-0.2, -0.15) is 0 Å². The number of nitrogens with two attached hydrogens (primary N) is 1. The number of rotatable bonds is 6. The quantitative estimate of drug-likeness (QED) is 0.838. The molecule has 5 nitrogen and oxygen atoms in total. The number of primary amides is 1. The number of sulfonamides is 1. The van der Waals surface area contributed by atoms with Gasteiger partial charge in [-0.15, -0.1) is 0 Å². The number of carbonyl (C=O) groups excluding carboxylic acids is 1. The van der Waals surface area contributed by atoms with Gasteiger partial charge in [0.1, 0.15) is 0 Å². The largest absolute Gasteiger partial charge is 0.370 e. The SMILES string of the molecule is Cc1ccccc1N(CCCC(N)=O)S(C)(=O)=O. The topological polar surface area (TPSA) is 80.5 Å². The van der Waals surface area contributed by atoms with Gasteiger partial charge in [0.2, 0.25) is 15.9 Å². The lowest BCUT2D eigenvalue weighted by atomic mass is 10.2. The van der Waals surface area contributed by atoms with Crippen molar-refractivity contribution in [2.75, 3.05) is 17.1 Å². The molecular formula is C12H18N2O3S. The van der Waals surface area contributed by atoms with Gasteiger partial charge < -0.3 is 5.73 Å². The van der Waals surface area contributed by atoms with E-state index in [4.69, 9.17) is 5.73 Å². The van der Waals surface area contributed by atoms with E-state index in [1.54, 1.807) is 12.1 Å². The fourth-order valence-electron chi connectivity index (χ4n) is 1.71. The van der Waals surface area contributed by atoms with Crippen LogP contribution in [0, 0.1) is 6.92 Å². The van der Waals surface area contributed by atoms with E-state index in [2.05, 4.69) is 0 Å². The molecule has 0 spiro atoms. The summed E-state index contributed by atoms with van der Waals surface area (Å²) in [6, 6.07) is 7.24. The lowest BCUT2D eigenvalue weighted by molar-refractivity contribution is -0.118. The third-order valence-corrected chi connectivity index (χ3v) is 3.75. The highest BCUT2D eigenvalue weighted by Gasteiger charge is 2.18. The van der Waals surface area contributed by atoms with Crippen molar-refractivity contribution < 1.29 is 13.2 Å². The number of amides is 1. The van der Waals surface area contributed by atoms with Crippen LogP contribution in [0.5, 0.6) is 0 Å². The molecule has 0 unspecified atom stereocenters. The molecule has 2 N–H and O–H groups in total. The minimum absolute atomic E-state index is 0.178. The molecule has 6 heteroatoms. The average molecular weight is 270 g/mol. The lowest BCUT2D eigenvalue weighted by Gasteiger charge is -2.23. The average Bonchev–Trinajstić information content (AvgIpc) is 2.24. The van der Waals surface area contributed by atoms with Crippen LogP contribution in [0.25, 0.3) is 0 Å². The number of benzene rings is 1. The zero-order valence-corrected chi connectivity index (χ0v) is 11.4. The normalized spacial score (nSPS) is 11.2. The molecule has 0 radical (unpaired) electrons. The second-order valence-corrected chi connectivity index (χ2v) is 6.10. The second-order valence-electron chi connectivity index (χ2n) is 4.19. The molecule has 0 heterocycles. The van der Waals surface area contributed by atoms with Gasteiger partial charge in [-0.05, 0) is 25.0 Å². The molecule has 1 aromatic carbocycles. The van der Waals surface area contributed by atoms with Crippen molar-refractivity contribution in [3.63, 3.8) is 0 Å². The van der Waals surface area contributed by atoms with E-state index in [0.29, 0.717) is 12.1 Å².